The second kappa shape index (κ2) is 6.38. The number of primary amides is 1. The van der Waals surface area contributed by atoms with Crippen LogP contribution in [0.5, 0.6) is 5.75 Å². The lowest BCUT2D eigenvalue weighted by molar-refractivity contribution is -0.136. The van der Waals surface area contributed by atoms with Crippen LogP contribution in [0.1, 0.15) is 11.1 Å². The molecule has 0 aliphatic carbocycles. The molecule has 0 bridgehead atoms. The summed E-state index contributed by atoms with van der Waals surface area (Å²) in [6.45, 7) is -0.454. The number of nitrogens with zero attached hydrogens (tertiary/aromatic N) is 1. The molecule has 2 aromatic carbocycles. The van der Waals surface area contributed by atoms with Crippen LogP contribution < -0.4 is 15.4 Å². The molecule has 3 rings (SSSR count). The number of amides is 2. The number of carbonyl (C=O) groups is 2. The number of rotatable bonds is 5. The molecule has 2 N–H and O–H groups in total. The molecule has 6 nitrogen and oxygen atoms in total. The Kier molecular flexibility index (Phi) is 4.37. The van der Waals surface area contributed by atoms with Crippen molar-refractivity contribution >= 4 is 17.5 Å². The molecule has 1 aliphatic heterocycles. The first-order valence-corrected chi connectivity index (χ1v) is 7.65. The first-order valence-electron chi connectivity index (χ1n) is 7.65. The molecular formula is C18H16F2N2O4. The van der Waals surface area contributed by atoms with Gasteiger partial charge in [-0.2, -0.15) is 0 Å². The van der Waals surface area contributed by atoms with Crippen molar-refractivity contribution in [1.82, 2.24) is 0 Å². The van der Waals surface area contributed by atoms with Gasteiger partial charge in [-0.3, -0.25) is 14.5 Å². The average Bonchev–Trinajstić information content (AvgIpc) is 2.85. The zero-order valence-electron chi connectivity index (χ0n) is 14.1. The van der Waals surface area contributed by atoms with Gasteiger partial charge in [-0.15, -0.1) is 0 Å². The number of hydrogen-bond acceptors (Lipinski definition) is 4. The van der Waals surface area contributed by atoms with Crippen LogP contribution in [0.2, 0.25) is 0 Å². The standard InChI is InChI=1S/C18H16F2N2O4/c1-25-13-8-7-12-15(16(13)20)18(26-2,10-3-5-11(19)6-4-10)17(24)22(12)9-14(21)23/h3-8H,9H2,1-2H3,(H2,21,23)/t18-/m0/s1. The lowest BCUT2D eigenvalue weighted by Gasteiger charge is -2.28. The molecule has 0 fully saturated rings. The van der Waals surface area contributed by atoms with E-state index in [1.165, 1.54) is 38.5 Å². The third kappa shape index (κ3) is 2.41. The van der Waals surface area contributed by atoms with Gasteiger partial charge in [0.15, 0.2) is 11.6 Å². The molecule has 26 heavy (non-hydrogen) atoms. The van der Waals surface area contributed by atoms with E-state index < -0.39 is 35.6 Å². The molecule has 1 atom stereocenters. The third-order valence-corrected chi connectivity index (χ3v) is 4.36. The summed E-state index contributed by atoms with van der Waals surface area (Å²) in [7, 11) is 2.52. The highest BCUT2D eigenvalue weighted by molar-refractivity contribution is 6.11. The molecule has 1 aliphatic rings. The Labute approximate surface area is 148 Å². The summed E-state index contributed by atoms with van der Waals surface area (Å²) in [6.07, 6.45) is 0. The molecule has 0 unspecified atom stereocenters. The monoisotopic (exact) mass is 362 g/mol. The highest BCUT2D eigenvalue weighted by atomic mass is 19.1. The fourth-order valence-electron chi connectivity index (χ4n) is 3.24. The highest BCUT2D eigenvalue weighted by Crippen LogP contribution is 2.49. The second-order valence-electron chi connectivity index (χ2n) is 5.73. The SMILES string of the molecule is COc1ccc2c(c1F)[C@@](OC)(c1ccc(F)cc1)C(=O)N2CC(N)=O. The van der Waals surface area contributed by atoms with E-state index in [1.54, 1.807) is 0 Å². The normalized spacial score (nSPS) is 18.8. The minimum Gasteiger partial charge on any atom is -0.494 e. The molecule has 0 saturated carbocycles. The quantitative estimate of drug-likeness (QED) is 0.878. The predicted molar refractivity (Wildman–Crippen MR) is 88.7 cm³/mol. The number of methoxy groups -OCH3 is 2. The van der Waals surface area contributed by atoms with Crippen LogP contribution in [0.25, 0.3) is 0 Å². The first-order chi connectivity index (χ1) is 12.4. The number of fused-ring (bicyclic) bond motifs is 1. The van der Waals surface area contributed by atoms with Crippen LogP contribution in [0.3, 0.4) is 0 Å². The van der Waals surface area contributed by atoms with Crippen LogP contribution in [-0.4, -0.2) is 32.6 Å². The van der Waals surface area contributed by atoms with E-state index in [1.807, 2.05) is 0 Å². The maximum Gasteiger partial charge on any atom is 0.269 e. The van der Waals surface area contributed by atoms with Gasteiger partial charge in [-0.25, -0.2) is 8.78 Å². The van der Waals surface area contributed by atoms with E-state index in [2.05, 4.69) is 0 Å². The van der Waals surface area contributed by atoms with E-state index in [9.17, 15) is 14.0 Å². The van der Waals surface area contributed by atoms with Gasteiger partial charge in [0.1, 0.15) is 12.4 Å². The first kappa shape index (κ1) is 17.8. The van der Waals surface area contributed by atoms with E-state index >= 15 is 4.39 Å². The number of halogens is 2. The maximum atomic E-state index is 15.1. The molecule has 0 spiro atoms. The number of benzene rings is 2. The van der Waals surface area contributed by atoms with Crippen LogP contribution >= 0.6 is 0 Å². The lowest BCUT2D eigenvalue weighted by atomic mass is 9.86. The zero-order valence-corrected chi connectivity index (χ0v) is 14.1. The van der Waals surface area contributed by atoms with E-state index in [4.69, 9.17) is 15.2 Å². The van der Waals surface area contributed by atoms with Gasteiger partial charge >= 0.3 is 0 Å². The molecule has 2 amide bonds. The van der Waals surface area contributed by atoms with Gasteiger partial charge in [-0.1, -0.05) is 12.1 Å². The third-order valence-electron chi connectivity index (χ3n) is 4.36. The fraction of sp³-hybridized carbons (Fsp3) is 0.222. The fourth-order valence-corrected chi connectivity index (χ4v) is 3.24. The number of ether oxygens (including phenoxy) is 2. The molecule has 2 aromatic rings. The molecule has 0 saturated heterocycles. The Morgan fingerprint density at radius 2 is 1.81 bits per heavy atom. The summed E-state index contributed by atoms with van der Waals surface area (Å²) in [5.74, 6) is -2.90. The van der Waals surface area contributed by atoms with Gasteiger partial charge in [0.05, 0.1) is 18.4 Å². The Balaban J connectivity index is 2.33. The topological polar surface area (TPSA) is 81.9 Å². The van der Waals surface area contributed by atoms with E-state index in [0.717, 1.165) is 17.0 Å². The summed E-state index contributed by atoms with van der Waals surface area (Å²) >= 11 is 0. The van der Waals surface area contributed by atoms with Crippen molar-refractivity contribution < 1.29 is 27.8 Å². The maximum absolute atomic E-state index is 15.1. The van der Waals surface area contributed by atoms with Crippen molar-refractivity contribution in [2.45, 2.75) is 5.60 Å². The van der Waals surface area contributed by atoms with Crippen molar-refractivity contribution in [3.8, 4) is 5.75 Å². The molecule has 8 heteroatoms. The number of carbonyl (C=O) groups excluding carboxylic acids is 2. The summed E-state index contributed by atoms with van der Waals surface area (Å²) in [5, 5.41) is 0. The summed E-state index contributed by atoms with van der Waals surface area (Å²) in [6, 6.07) is 7.71. The summed E-state index contributed by atoms with van der Waals surface area (Å²) < 4.78 is 39.0. The largest absolute Gasteiger partial charge is 0.494 e. The molecule has 136 valence electrons. The van der Waals surface area contributed by atoms with Crippen LogP contribution in [0.15, 0.2) is 36.4 Å². The highest BCUT2D eigenvalue weighted by Gasteiger charge is 2.55. The summed E-state index contributed by atoms with van der Waals surface area (Å²) in [4.78, 5) is 25.6. The van der Waals surface area contributed by atoms with Gasteiger partial charge in [0.2, 0.25) is 11.5 Å². The van der Waals surface area contributed by atoms with E-state index in [-0.39, 0.29) is 22.6 Å². The number of hydrogen-bond donors (Lipinski definition) is 1. The minimum absolute atomic E-state index is 0.0963. The Hall–Kier alpha value is -3.00. The zero-order chi connectivity index (χ0) is 19.1. The Bertz CT molecular complexity index is 886. The molecule has 0 radical (unpaired) electrons. The Morgan fingerprint density at radius 1 is 1.15 bits per heavy atom. The van der Waals surface area contributed by atoms with Crippen LogP contribution in [-0.2, 0) is 19.9 Å². The second-order valence-corrected chi connectivity index (χ2v) is 5.73. The smallest absolute Gasteiger partial charge is 0.269 e. The van der Waals surface area contributed by atoms with E-state index in [0.29, 0.717) is 0 Å². The molecule has 0 aromatic heterocycles. The number of nitrogens with two attached hydrogens (primary N) is 1. The lowest BCUT2D eigenvalue weighted by Crippen LogP contribution is -2.45. The van der Waals surface area contributed by atoms with Crippen molar-refractivity contribution in [2.24, 2.45) is 5.73 Å². The van der Waals surface area contributed by atoms with Crippen molar-refractivity contribution in [3.63, 3.8) is 0 Å². The molecule has 1 heterocycles. The van der Waals surface area contributed by atoms with Gasteiger partial charge in [-0.05, 0) is 29.8 Å². The predicted octanol–water partition coefficient (Wildman–Crippen LogP) is 1.70. The van der Waals surface area contributed by atoms with Gasteiger partial charge in [0.25, 0.3) is 5.91 Å². The van der Waals surface area contributed by atoms with Crippen LogP contribution in [0, 0.1) is 11.6 Å². The summed E-state index contributed by atoms with van der Waals surface area (Å²) in [5.41, 5.74) is 3.58. The van der Waals surface area contributed by atoms with Crippen LogP contribution in [0.4, 0.5) is 14.5 Å². The number of anilines is 1. The Morgan fingerprint density at radius 3 is 2.35 bits per heavy atom. The average molecular weight is 362 g/mol. The van der Waals surface area contributed by atoms with Gasteiger partial charge in [0, 0.05) is 7.11 Å². The minimum atomic E-state index is -1.89. The van der Waals surface area contributed by atoms with Gasteiger partial charge < -0.3 is 15.2 Å². The van der Waals surface area contributed by atoms with Crippen molar-refractivity contribution in [1.29, 1.82) is 0 Å². The molecular weight excluding hydrogens is 346 g/mol. The van der Waals surface area contributed by atoms with Crippen molar-refractivity contribution in [3.05, 3.63) is 59.2 Å². The van der Waals surface area contributed by atoms with Crippen molar-refractivity contribution in [2.75, 3.05) is 25.7 Å².